The summed E-state index contributed by atoms with van der Waals surface area (Å²) in [5.41, 5.74) is 7.25. The van der Waals surface area contributed by atoms with E-state index in [1.807, 2.05) is 0 Å². The van der Waals surface area contributed by atoms with Gasteiger partial charge in [0.25, 0.3) is 0 Å². The maximum absolute atomic E-state index is 14.8. The number of anilines is 1. The van der Waals surface area contributed by atoms with Crippen molar-refractivity contribution in [3.63, 3.8) is 0 Å². The minimum atomic E-state index is -3.89. The molecule has 0 spiro atoms. The zero-order valence-electron chi connectivity index (χ0n) is 15.1. The number of aromatic nitrogens is 1. The van der Waals surface area contributed by atoms with Crippen LogP contribution >= 0.6 is 0 Å². The maximum Gasteiger partial charge on any atom is 0.241 e. The van der Waals surface area contributed by atoms with E-state index in [4.69, 9.17) is 10.8 Å². The summed E-state index contributed by atoms with van der Waals surface area (Å²) in [4.78, 5) is 3.97. The molecule has 6 nitrogen and oxygen atoms in total. The summed E-state index contributed by atoms with van der Waals surface area (Å²) >= 11 is 0. The molecule has 2 aromatic carbocycles. The summed E-state index contributed by atoms with van der Waals surface area (Å²) in [6.45, 7) is 1.22. The van der Waals surface area contributed by atoms with Crippen LogP contribution in [0.3, 0.4) is 0 Å². The van der Waals surface area contributed by atoms with Crippen molar-refractivity contribution in [3.8, 4) is 22.3 Å². The second-order valence-electron chi connectivity index (χ2n) is 6.37. The number of hydrogen-bond acceptors (Lipinski definition) is 5. The molecule has 0 aliphatic rings. The van der Waals surface area contributed by atoms with Gasteiger partial charge in [0.05, 0.1) is 11.5 Å². The molecule has 1 atom stereocenters. The summed E-state index contributed by atoms with van der Waals surface area (Å²) in [6.07, 6.45) is 1.48. The van der Waals surface area contributed by atoms with Gasteiger partial charge < -0.3 is 10.8 Å². The molecule has 0 bridgehead atoms. The first-order valence-electron chi connectivity index (χ1n) is 8.56. The molecular formula is C20H20FN3O3S. The number of rotatable bonds is 6. The monoisotopic (exact) mass is 401 g/mol. The van der Waals surface area contributed by atoms with E-state index in [0.29, 0.717) is 28.1 Å². The number of pyridine rings is 1. The third-order valence-electron chi connectivity index (χ3n) is 4.18. The fourth-order valence-corrected chi connectivity index (χ4v) is 4.25. The van der Waals surface area contributed by atoms with Gasteiger partial charge in [0.2, 0.25) is 10.0 Å². The van der Waals surface area contributed by atoms with E-state index in [-0.39, 0.29) is 11.5 Å². The number of sulfonamides is 1. The van der Waals surface area contributed by atoms with Crippen molar-refractivity contribution in [2.45, 2.75) is 17.9 Å². The largest absolute Gasteiger partial charge is 0.395 e. The standard InChI is InChI=1S/C20H20FN3O3S/c1-13(12-25)24-28(26,27)19-5-3-2-4-17(19)14-6-8-16(18(21)10-14)15-7-9-20(22)23-11-15/h2-11,13,24-25H,12H2,1H3,(H2,22,23). The summed E-state index contributed by atoms with van der Waals surface area (Å²) in [7, 11) is -3.89. The van der Waals surface area contributed by atoms with Crippen LogP contribution in [0.2, 0.25) is 0 Å². The summed E-state index contributed by atoms with van der Waals surface area (Å²) < 4.78 is 42.5. The molecule has 0 saturated carbocycles. The summed E-state index contributed by atoms with van der Waals surface area (Å²) in [5.74, 6) is -0.169. The van der Waals surface area contributed by atoms with Gasteiger partial charge in [-0.3, -0.25) is 0 Å². The highest BCUT2D eigenvalue weighted by Gasteiger charge is 2.21. The summed E-state index contributed by atoms with van der Waals surface area (Å²) in [5, 5.41) is 9.13. The molecule has 0 amide bonds. The molecule has 3 aromatic rings. The number of aliphatic hydroxyl groups is 1. The van der Waals surface area contributed by atoms with Crippen LogP contribution in [-0.4, -0.2) is 31.2 Å². The first-order valence-corrected chi connectivity index (χ1v) is 10.0. The van der Waals surface area contributed by atoms with Crippen molar-refractivity contribution in [1.29, 1.82) is 0 Å². The number of halogens is 1. The first-order chi connectivity index (χ1) is 13.3. The number of nitrogens with one attached hydrogen (secondary N) is 1. The lowest BCUT2D eigenvalue weighted by atomic mass is 10.0. The van der Waals surface area contributed by atoms with Gasteiger partial charge >= 0.3 is 0 Å². The predicted octanol–water partition coefficient (Wildman–Crippen LogP) is 2.80. The smallest absolute Gasteiger partial charge is 0.241 e. The van der Waals surface area contributed by atoms with Crippen LogP contribution in [0.5, 0.6) is 0 Å². The predicted molar refractivity (Wildman–Crippen MR) is 106 cm³/mol. The van der Waals surface area contributed by atoms with Crippen LogP contribution in [0.1, 0.15) is 6.92 Å². The number of nitrogen functional groups attached to an aromatic ring is 1. The average molecular weight is 401 g/mol. The van der Waals surface area contributed by atoms with E-state index in [1.165, 1.54) is 18.3 Å². The van der Waals surface area contributed by atoms with Crippen molar-refractivity contribution < 1.29 is 17.9 Å². The Bertz CT molecular complexity index is 1090. The Balaban J connectivity index is 2.03. The van der Waals surface area contributed by atoms with Gasteiger partial charge in [0.1, 0.15) is 11.6 Å². The van der Waals surface area contributed by atoms with Crippen molar-refractivity contribution in [2.24, 2.45) is 0 Å². The number of nitrogens with zero attached hydrogens (tertiary/aromatic N) is 1. The molecule has 0 radical (unpaired) electrons. The average Bonchev–Trinajstić information content (AvgIpc) is 2.68. The fraction of sp³-hybridized carbons (Fsp3) is 0.150. The van der Waals surface area contributed by atoms with E-state index in [2.05, 4.69) is 9.71 Å². The van der Waals surface area contributed by atoms with Gasteiger partial charge in [-0.15, -0.1) is 0 Å². The second-order valence-corrected chi connectivity index (χ2v) is 8.05. The zero-order valence-corrected chi connectivity index (χ0v) is 15.9. The molecule has 1 unspecified atom stereocenters. The fourth-order valence-electron chi connectivity index (χ4n) is 2.79. The first kappa shape index (κ1) is 19.9. The molecule has 1 heterocycles. The van der Waals surface area contributed by atoms with Crippen LogP contribution < -0.4 is 10.5 Å². The van der Waals surface area contributed by atoms with Crippen molar-refractivity contribution in [2.75, 3.05) is 12.3 Å². The molecule has 8 heteroatoms. The minimum Gasteiger partial charge on any atom is -0.395 e. The van der Waals surface area contributed by atoms with E-state index in [9.17, 15) is 12.8 Å². The number of aliphatic hydroxyl groups excluding tert-OH is 1. The molecule has 0 aliphatic carbocycles. The van der Waals surface area contributed by atoms with E-state index >= 15 is 0 Å². The molecule has 4 N–H and O–H groups in total. The Morgan fingerprint density at radius 3 is 2.46 bits per heavy atom. The van der Waals surface area contributed by atoms with Crippen molar-refractivity contribution in [3.05, 3.63) is 66.6 Å². The zero-order chi connectivity index (χ0) is 20.3. The van der Waals surface area contributed by atoms with Crippen LogP contribution in [0.15, 0.2) is 65.7 Å². The molecule has 0 fully saturated rings. The lowest BCUT2D eigenvalue weighted by Crippen LogP contribution is -2.35. The molecule has 146 valence electrons. The molecule has 0 saturated heterocycles. The number of nitrogens with two attached hydrogens (primary N) is 1. The van der Waals surface area contributed by atoms with Crippen LogP contribution in [-0.2, 0) is 10.0 Å². The maximum atomic E-state index is 14.8. The Hall–Kier alpha value is -2.81. The van der Waals surface area contributed by atoms with Crippen molar-refractivity contribution in [1.82, 2.24) is 9.71 Å². The third-order valence-corrected chi connectivity index (χ3v) is 5.83. The normalized spacial score (nSPS) is 12.7. The Labute approximate surface area is 162 Å². The lowest BCUT2D eigenvalue weighted by molar-refractivity contribution is 0.265. The molecule has 0 aliphatic heterocycles. The number of benzene rings is 2. The second kappa shape index (κ2) is 8.05. The van der Waals surface area contributed by atoms with Gasteiger partial charge in [0.15, 0.2) is 0 Å². The van der Waals surface area contributed by atoms with Gasteiger partial charge in [-0.2, -0.15) is 0 Å². The minimum absolute atomic E-state index is 0.0107. The van der Waals surface area contributed by atoms with E-state index < -0.39 is 21.9 Å². The Morgan fingerprint density at radius 2 is 1.82 bits per heavy atom. The van der Waals surface area contributed by atoms with Crippen LogP contribution in [0.4, 0.5) is 10.2 Å². The van der Waals surface area contributed by atoms with Crippen molar-refractivity contribution >= 4 is 15.8 Å². The van der Waals surface area contributed by atoms with Crippen LogP contribution in [0, 0.1) is 5.82 Å². The highest BCUT2D eigenvalue weighted by atomic mass is 32.2. The van der Waals surface area contributed by atoms with E-state index in [0.717, 1.165) is 0 Å². The quantitative estimate of drug-likeness (QED) is 0.589. The summed E-state index contributed by atoms with van der Waals surface area (Å²) in [6, 6.07) is 13.4. The molecule has 28 heavy (non-hydrogen) atoms. The Morgan fingerprint density at radius 1 is 1.11 bits per heavy atom. The molecule has 1 aromatic heterocycles. The number of hydrogen-bond donors (Lipinski definition) is 3. The van der Waals surface area contributed by atoms with Gasteiger partial charge in [-0.25, -0.2) is 22.5 Å². The highest BCUT2D eigenvalue weighted by molar-refractivity contribution is 7.89. The lowest BCUT2D eigenvalue weighted by Gasteiger charge is -2.15. The highest BCUT2D eigenvalue weighted by Crippen LogP contribution is 2.31. The van der Waals surface area contributed by atoms with Gasteiger partial charge in [-0.05, 0) is 36.8 Å². The van der Waals surface area contributed by atoms with Gasteiger partial charge in [0, 0.05) is 28.9 Å². The van der Waals surface area contributed by atoms with Gasteiger partial charge in [-0.1, -0.05) is 30.3 Å². The SMILES string of the molecule is CC(CO)NS(=O)(=O)c1ccccc1-c1ccc(-c2ccc(N)nc2)c(F)c1. The third kappa shape index (κ3) is 4.19. The topological polar surface area (TPSA) is 105 Å². The Kier molecular flexibility index (Phi) is 5.73. The van der Waals surface area contributed by atoms with E-state index in [1.54, 1.807) is 49.4 Å². The van der Waals surface area contributed by atoms with Crippen LogP contribution in [0.25, 0.3) is 22.3 Å². The molecular weight excluding hydrogens is 381 g/mol. The molecule has 3 rings (SSSR count).